The first kappa shape index (κ1) is 14.8. The van der Waals surface area contributed by atoms with Gasteiger partial charge in [0.15, 0.2) is 0 Å². The summed E-state index contributed by atoms with van der Waals surface area (Å²) < 4.78 is 14.3. The second kappa shape index (κ2) is 6.35. The van der Waals surface area contributed by atoms with Gasteiger partial charge in [-0.15, -0.1) is 0 Å². The van der Waals surface area contributed by atoms with Gasteiger partial charge in [-0.2, -0.15) is 0 Å². The SMILES string of the molecule is CC(C)CCN(c1cccc(F)c1CNC1CC1)C1CC1. The van der Waals surface area contributed by atoms with E-state index >= 15 is 0 Å². The molecule has 0 atom stereocenters. The molecule has 3 heteroatoms. The van der Waals surface area contributed by atoms with Crippen LogP contribution in [-0.4, -0.2) is 18.6 Å². The molecule has 0 amide bonds. The average molecular weight is 290 g/mol. The first-order valence-corrected chi connectivity index (χ1v) is 8.42. The third-order valence-corrected chi connectivity index (χ3v) is 4.48. The molecule has 0 heterocycles. The molecule has 0 spiro atoms. The lowest BCUT2D eigenvalue weighted by Crippen LogP contribution is -2.30. The zero-order valence-electron chi connectivity index (χ0n) is 13.2. The summed E-state index contributed by atoms with van der Waals surface area (Å²) in [5.41, 5.74) is 1.98. The molecule has 0 radical (unpaired) electrons. The van der Waals surface area contributed by atoms with Crippen molar-refractivity contribution in [3.8, 4) is 0 Å². The Morgan fingerprint density at radius 3 is 2.62 bits per heavy atom. The van der Waals surface area contributed by atoms with Crippen LogP contribution in [-0.2, 0) is 6.54 Å². The lowest BCUT2D eigenvalue weighted by molar-refractivity contribution is 0.561. The van der Waals surface area contributed by atoms with Crippen molar-refractivity contribution in [2.24, 2.45) is 5.92 Å². The zero-order chi connectivity index (χ0) is 14.8. The Labute approximate surface area is 127 Å². The van der Waals surface area contributed by atoms with Crippen LogP contribution in [0.15, 0.2) is 18.2 Å². The Balaban J connectivity index is 1.77. The fourth-order valence-electron chi connectivity index (χ4n) is 2.81. The molecule has 2 fully saturated rings. The van der Waals surface area contributed by atoms with E-state index in [0.29, 0.717) is 24.5 Å². The van der Waals surface area contributed by atoms with Crippen molar-refractivity contribution >= 4 is 5.69 Å². The van der Waals surface area contributed by atoms with Crippen LogP contribution in [0, 0.1) is 11.7 Å². The van der Waals surface area contributed by atoms with Gasteiger partial charge in [-0.05, 0) is 50.2 Å². The third kappa shape index (κ3) is 3.97. The topological polar surface area (TPSA) is 15.3 Å². The van der Waals surface area contributed by atoms with Gasteiger partial charge in [0.2, 0.25) is 0 Å². The fourth-order valence-corrected chi connectivity index (χ4v) is 2.81. The van der Waals surface area contributed by atoms with E-state index in [1.54, 1.807) is 6.07 Å². The predicted octanol–water partition coefficient (Wildman–Crippen LogP) is 4.09. The predicted molar refractivity (Wildman–Crippen MR) is 86.1 cm³/mol. The van der Waals surface area contributed by atoms with E-state index in [9.17, 15) is 4.39 Å². The summed E-state index contributed by atoms with van der Waals surface area (Å²) in [5.74, 6) is 0.628. The standard InChI is InChI=1S/C18H27FN2/c1-13(2)10-11-21(15-8-9-15)18-5-3-4-17(19)16(18)12-20-14-6-7-14/h3-5,13-15,20H,6-12H2,1-2H3. The van der Waals surface area contributed by atoms with E-state index in [-0.39, 0.29) is 5.82 Å². The van der Waals surface area contributed by atoms with Crippen molar-refractivity contribution in [2.45, 2.75) is 64.6 Å². The Kier molecular flexibility index (Phi) is 4.48. The molecule has 0 unspecified atom stereocenters. The Morgan fingerprint density at radius 1 is 1.24 bits per heavy atom. The van der Waals surface area contributed by atoms with Crippen LogP contribution in [0.25, 0.3) is 0 Å². The molecule has 1 aromatic rings. The zero-order valence-corrected chi connectivity index (χ0v) is 13.2. The van der Waals surface area contributed by atoms with Gasteiger partial charge in [0.05, 0.1) is 0 Å². The Bertz CT molecular complexity index is 478. The van der Waals surface area contributed by atoms with Gasteiger partial charge in [-0.25, -0.2) is 4.39 Å². The van der Waals surface area contributed by atoms with Crippen LogP contribution in [0.3, 0.4) is 0 Å². The molecule has 2 aliphatic carbocycles. The smallest absolute Gasteiger partial charge is 0.129 e. The molecular weight excluding hydrogens is 263 g/mol. The van der Waals surface area contributed by atoms with E-state index in [2.05, 4.69) is 30.1 Å². The van der Waals surface area contributed by atoms with Gasteiger partial charge in [-0.3, -0.25) is 0 Å². The lowest BCUT2D eigenvalue weighted by atomic mass is 10.1. The molecule has 2 aliphatic rings. The van der Waals surface area contributed by atoms with E-state index in [4.69, 9.17) is 0 Å². The summed E-state index contributed by atoms with van der Waals surface area (Å²) in [5, 5.41) is 3.47. The minimum absolute atomic E-state index is 0.0594. The largest absolute Gasteiger partial charge is 0.368 e. The van der Waals surface area contributed by atoms with Crippen LogP contribution >= 0.6 is 0 Å². The second-order valence-corrected chi connectivity index (χ2v) is 7.00. The molecule has 116 valence electrons. The van der Waals surface area contributed by atoms with Crippen molar-refractivity contribution in [1.82, 2.24) is 5.32 Å². The highest BCUT2D eigenvalue weighted by Gasteiger charge is 2.31. The number of nitrogens with zero attached hydrogens (tertiary/aromatic N) is 1. The molecule has 1 N–H and O–H groups in total. The summed E-state index contributed by atoms with van der Waals surface area (Å²) in [6, 6.07) is 6.80. The molecule has 0 saturated heterocycles. The lowest BCUT2D eigenvalue weighted by Gasteiger charge is -2.28. The molecule has 2 nitrogen and oxygen atoms in total. The highest BCUT2D eigenvalue weighted by Crippen LogP contribution is 2.35. The summed E-state index contributed by atoms with van der Waals surface area (Å²) in [4.78, 5) is 2.45. The Morgan fingerprint density at radius 2 is 2.00 bits per heavy atom. The number of nitrogens with one attached hydrogen (secondary N) is 1. The maximum atomic E-state index is 14.3. The fraction of sp³-hybridized carbons (Fsp3) is 0.667. The average Bonchev–Trinajstić information content (AvgIpc) is 3.32. The summed E-state index contributed by atoms with van der Waals surface area (Å²) >= 11 is 0. The van der Waals surface area contributed by atoms with Gasteiger partial charge >= 0.3 is 0 Å². The number of anilines is 1. The highest BCUT2D eigenvalue weighted by atomic mass is 19.1. The van der Waals surface area contributed by atoms with Crippen molar-refractivity contribution in [1.29, 1.82) is 0 Å². The van der Waals surface area contributed by atoms with Crippen LogP contribution in [0.4, 0.5) is 10.1 Å². The van der Waals surface area contributed by atoms with Crippen LogP contribution in [0.2, 0.25) is 0 Å². The van der Waals surface area contributed by atoms with Gasteiger partial charge in [0, 0.05) is 36.4 Å². The van der Waals surface area contributed by atoms with Gasteiger partial charge in [0.25, 0.3) is 0 Å². The summed E-state index contributed by atoms with van der Waals surface area (Å²) in [6.45, 7) is 6.22. The summed E-state index contributed by atoms with van der Waals surface area (Å²) in [7, 11) is 0. The molecule has 2 saturated carbocycles. The van der Waals surface area contributed by atoms with Gasteiger partial charge in [-0.1, -0.05) is 19.9 Å². The number of hydrogen-bond acceptors (Lipinski definition) is 2. The maximum absolute atomic E-state index is 14.3. The highest BCUT2D eigenvalue weighted by molar-refractivity contribution is 5.56. The van der Waals surface area contributed by atoms with Gasteiger partial charge < -0.3 is 10.2 Å². The number of hydrogen-bond donors (Lipinski definition) is 1. The minimum Gasteiger partial charge on any atom is -0.368 e. The van der Waals surface area contributed by atoms with E-state index < -0.39 is 0 Å². The van der Waals surface area contributed by atoms with E-state index in [1.165, 1.54) is 32.1 Å². The van der Waals surface area contributed by atoms with Crippen LogP contribution in [0.1, 0.15) is 51.5 Å². The normalized spacial score (nSPS) is 18.3. The van der Waals surface area contributed by atoms with Crippen molar-refractivity contribution < 1.29 is 4.39 Å². The molecule has 1 aromatic carbocycles. The maximum Gasteiger partial charge on any atom is 0.129 e. The summed E-state index contributed by atoms with van der Waals surface area (Å²) in [6.07, 6.45) is 6.16. The number of halogens is 1. The quantitative estimate of drug-likeness (QED) is 0.775. The van der Waals surface area contributed by atoms with Crippen molar-refractivity contribution in [2.75, 3.05) is 11.4 Å². The number of rotatable bonds is 8. The number of benzene rings is 1. The molecule has 0 bridgehead atoms. The van der Waals surface area contributed by atoms with E-state index in [0.717, 1.165) is 17.8 Å². The van der Waals surface area contributed by atoms with Crippen LogP contribution < -0.4 is 10.2 Å². The van der Waals surface area contributed by atoms with Gasteiger partial charge in [0.1, 0.15) is 5.82 Å². The first-order valence-electron chi connectivity index (χ1n) is 8.42. The van der Waals surface area contributed by atoms with Crippen molar-refractivity contribution in [3.05, 3.63) is 29.6 Å². The third-order valence-electron chi connectivity index (χ3n) is 4.48. The van der Waals surface area contributed by atoms with E-state index in [1.807, 2.05) is 6.07 Å². The molecule has 21 heavy (non-hydrogen) atoms. The molecular formula is C18H27FN2. The first-order chi connectivity index (χ1) is 10.1. The molecule has 0 aliphatic heterocycles. The van der Waals surface area contributed by atoms with Crippen molar-refractivity contribution in [3.63, 3.8) is 0 Å². The van der Waals surface area contributed by atoms with Crippen LogP contribution in [0.5, 0.6) is 0 Å². The Hall–Kier alpha value is -1.09. The monoisotopic (exact) mass is 290 g/mol. The minimum atomic E-state index is -0.0594. The molecule has 3 rings (SSSR count). The second-order valence-electron chi connectivity index (χ2n) is 7.00. The molecule has 0 aromatic heterocycles.